The van der Waals surface area contributed by atoms with Crippen molar-refractivity contribution in [2.75, 3.05) is 7.11 Å². The van der Waals surface area contributed by atoms with Crippen LogP contribution in [0.1, 0.15) is 33.3 Å². The van der Waals surface area contributed by atoms with Crippen molar-refractivity contribution in [3.8, 4) is 5.75 Å². The molecule has 19 heavy (non-hydrogen) atoms. The largest absolute Gasteiger partial charge is 0.496 e. The highest BCUT2D eigenvalue weighted by Gasteiger charge is 2.50. The summed E-state index contributed by atoms with van der Waals surface area (Å²) in [5, 5.41) is 0. The fourth-order valence-corrected chi connectivity index (χ4v) is 2.48. The molecular weight excluding hydrogens is 307 g/mol. The first-order valence-electron chi connectivity index (χ1n) is 6.43. The molecule has 1 heterocycles. The summed E-state index contributed by atoms with van der Waals surface area (Å²) in [6.07, 6.45) is 0.719. The lowest BCUT2D eigenvalue weighted by atomic mass is 9.81. The normalized spacial score (nSPS) is 20.6. The molecule has 0 unspecified atom stereocenters. The highest BCUT2D eigenvalue weighted by molar-refractivity contribution is 9.10. The van der Waals surface area contributed by atoms with Crippen LogP contribution in [-0.4, -0.2) is 25.4 Å². The van der Waals surface area contributed by atoms with Gasteiger partial charge in [0, 0.05) is 6.32 Å². The van der Waals surface area contributed by atoms with Crippen molar-refractivity contribution in [2.24, 2.45) is 0 Å². The Balaban J connectivity index is 2.11. The highest BCUT2D eigenvalue weighted by atomic mass is 79.9. The highest BCUT2D eigenvalue weighted by Crippen LogP contribution is 2.37. The van der Waals surface area contributed by atoms with Crippen molar-refractivity contribution < 1.29 is 14.0 Å². The smallest absolute Gasteiger partial charge is 0.462 e. The molecule has 1 aromatic carbocycles. The molecular formula is C14H20BBrO3. The van der Waals surface area contributed by atoms with E-state index in [9.17, 15) is 0 Å². The zero-order chi connectivity index (χ0) is 14.3. The van der Waals surface area contributed by atoms with E-state index < -0.39 is 0 Å². The van der Waals surface area contributed by atoms with E-state index in [1.54, 1.807) is 7.11 Å². The van der Waals surface area contributed by atoms with E-state index in [1.165, 1.54) is 0 Å². The van der Waals surface area contributed by atoms with Crippen molar-refractivity contribution in [2.45, 2.75) is 45.2 Å². The standard InChI is InChI=1S/C14H20BBrO3/c1-13(2)14(3,4)19-15(18-13)9-10-6-7-11(16)12(8-10)17-5/h6-8H,9H2,1-5H3. The second-order valence-electron chi connectivity index (χ2n) is 5.86. The van der Waals surface area contributed by atoms with Crippen LogP contribution in [0.25, 0.3) is 0 Å². The Morgan fingerprint density at radius 2 is 1.74 bits per heavy atom. The molecule has 0 radical (unpaired) electrons. The zero-order valence-corrected chi connectivity index (χ0v) is 13.7. The van der Waals surface area contributed by atoms with Crippen LogP contribution in [0, 0.1) is 0 Å². The van der Waals surface area contributed by atoms with Gasteiger partial charge in [-0.2, -0.15) is 0 Å². The van der Waals surface area contributed by atoms with Crippen LogP contribution in [0.5, 0.6) is 5.75 Å². The fraction of sp³-hybridized carbons (Fsp3) is 0.571. The van der Waals surface area contributed by atoms with Gasteiger partial charge in [0.25, 0.3) is 0 Å². The number of hydrogen-bond acceptors (Lipinski definition) is 3. The Morgan fingerprint density at radius 1 is 1.16 bits per heavy atom. The number of halogens is 1. The average molecular weight is 327 g/mol. The molecule has 1 aliphatic heterocycles. The third-order valence-corrected chi connectivity index (χ3v) is 4.58. The number of ether oxygens (including phenoxy) is 1. The predicted molar refractivity (Wildman–Crippen MR) is 80.5 cm³/mol. The van der Waals surface area contributed by atoms with Crippen LogP contribution in [0.15, 0.2) is 22.7 Å². The first kappa shape index (κ1) is 14.9. The minimum absolute atomic E-state index is 0.212. The monoisotopic (exact) mass is 326 g/mol. The zero-order valence-electron chi connectivity index (χ0n) is 12.1. The molecule has 0 bridgehead atoms. The lowest BCUT2D eigenvalue weighted by molar-refractivity contribution is 0.00578. The van der Waals surface area contributed by atoms with Crippen molar-refractivity contribution in [3.63, 3.8) is 0 Å². The predicted octanol–water partition coefficient (Wildman–Crippen LogP) is 3.63. The van der Waals surface area contributed by atoms with Crippen molar-refractivity contribution in [1.82, 2.24) is 0 Å². The second-order valence-corrected chi connectivity index (χ2v) is 6.71. The van der Waals surface area contributed by atoms with Gasteiger partial charge in [-0.05, 0) is 61.3 Å². The average Bonchev–Trinajstić information content (AvgIpc) is 2.50. The van der Waals surface area contributed by atoms with Crippen LogP contribution in [-0.2, 0) is 15.6 Å². The topological polar surface area (TPSA) is 27.7 Å². The van der Waals surface area contributed by atoms with Crippen LogP contribution >= 0.6 is 15.9 Å². The molecule has 0 saturated carbocycles. The van der Waals surface area contributed by atoms with E-state index in [0.717, 1.165) is 22.1 Å². The van der Waals surface area contributed by atoms with E-state index >= 15 is 0 Å². The van der Waals surface area contributed by atoms with Gasteiger partial charge < -0.3 is 14.0 Å². The van der Waals surface area contributed by atoms with E-state index in [2.05, 4.69) is 49.7 Å². The molecule has 3 nitrogen and oxygen atoms in total. The summed E-state index contributed by atoms with van der Waals surface area (Å²) in [7, 11) is 1.45. The van der Waals surface area contributed by atoms with Gasteiger partial charge in [-0.3, -0.25) is 0 Å². The quantitative estimate of drug-likeness (QED) is 0.794. The molecule has 0 atom stereocenters. The molecule has 0 amide bonds. The lowest BCUT2D eigenvalue weighted by Crippen LogP contribution is -2.41. The van der Waals surface area contributed by atoms with Gasteiger partial charge in [0.05, 0.1) is 22.8 Å². The van der Waals surface area contributed by atoms with Crippen LogP contribution in [0.2, 0.25) is 0 Å². The van der Waals surface area contributed by atoms with E-state index in [0.29, 0.717) is 0 Å². The summed E-state index contributed by atoms with van der Waals surface area (Å²) in [5.74, 6) is 0.828. The molecule has 2 rings (SSSR count). The van der Waals surface area contributed by atoms with Crippen molar-refractivity contribution >= 4 is 23.0 Å². The number of rotatable bonds is 3. The second kappa shape index (κ2) is 5.11. The fourth-order valence-electron chi connectivity index (χ4n) is 2.07. The first-order valence-corrected chi connectivity index (χ1v) is 7.22. The van der Waals surface area contributed by atoms with Gasteiger partial charge >= 0.3 is 7.12 Å². The van der Waals surface area contributed by atoms with Gasteiger partial charge in [0.2, 0.25) is 0 Å². The Labute approximate surface area is 123 Å². The summed E-state index contributed by atoms with van der Waals surface area (Å²) in [4.78, 5) is 0. The van der Waals surface area contributed by atoms with Crippen LogP contribution in [0.3, 0.4) is 0 Å². The Bertz CT molecular complexity index is 458. The summed E-state index contributed by atoms with van der Waals surface area (Å²) in [6, 6.07) is 6.05. The van der Waals surface area contributed by atoms with Crippen LogP contribution < -0.4 is 4.74 Å². The van der Waals surface area contributed by atoms with Gasteiger partial charge in [-0.1, -0.05) is 6.07 Å². The molecule has 1 saturated heterocycles. The third-order valence-electron chi connectivity index (χ3n) is 3.92. The van der Waals surface area contributed by atoms with Gasteiger partial charge in [0.15, 0.2) is 0 Å². The van der Waals surface area contributed by atoms with E-state index in [4.69, 9.17) is 14.0 Å². The Morgan fingerprint density at radius 3 is 2.26 bits per heavy atom. The van der Waals surface area contributed by atoms with Gasteiger partial charge in [-0.25, -0.2) is 0 Å². The van der Waals surface area contributed by atoms with E-state index in [1.807, 2.05) is 12.1 Å². The summed E-state index contributed by atoms with van der Waals surface area (Å²) >= 11 is 3.45. The third kappa shape index (κ3) is 2.98. The minimum Gasteiger partial charge on any atom is -0.496 e. The molecule has 5 heteroatoms. The molecule has 1 aliphatic rings. The van der Waals surface area contributed by atoms with Gasteiger partial charge in [0.1, 0.15) is 5.75 Å². The maximum absolute atomic E-state index is 6.00. The number of hydrogen-bond donors (Lipinski definition) is 0. The SMILES string of the molecule is COc1cc(CB2OC(C)(C)C(C)(C)O2)ccc1Br. The first-order chi connectivity index (χ1) is 8.75. The molecule has 0 N–H and O–H groups in total. The van der Waals surface area contributed by atoms with Crippen molar-refractivity contribution in [3.05, 3.63) is 28.2 Å². The lowest BCUT2D eigenvalue weighted by Gasteiger charge is -2.32. The number of benzene rings is 1. The number of methoxy groups -OCH3 is 1. The van der Waals surface area contributed by atoms with E-state index in [-0.39, 0.29) is 18.3 Å². The molecule has 1 aromatic rings. The maximum Gasteiger partial charge on any atom is 0.462 e. The molecule has 1 fully saturated rings. The van der Waals surface area contributed by atoms with Gasteiger partial charge in [-0.15, -0.1) is 0 Å². The Hall–Kier alpha value is -0.515. The van der Waals surface area contributed by atoms with Crippen LogP contribution in [0.4, 0.5) is 0 Å². The van der Waals surface area contributed by atoms with Crippen molar-refractivity contribution in [1.29, 1.82) is 0 Å². The molecule has 0 aliphatic carbocycles. The molecule has 0 aromatic heterocycles. The molecule has 0 spiro atoms. The maximum atomic E-state index is 6.00. The summed E-state index contributed by atoms with van der Waals surface area (Å²) in [6.45, 7) is 8.26. The Kier molecular flexibility index (Phi) is 4.01. The summed E-state index contributed by atoms with van der Waals surface area (Å²) < 4.78 is 18.2. The molecule has 104 valence electrons. The summed E-state index contributed by atoms with van der Waals surface area (Å²) in [5.41, 5.74) is 0.576. The minimum atomic E-state index is -0.281.